The molecule has 2 fully saturated rings. The van der Waals surface area contributed by atoms with E-state index in [1.54, 1.807) is 12.1 Å². The molecule has 182 valence electrons. The minimum absolute atomic E-state index is 0.306. The number of halogens is 1. The zero-order chi connectivity index (χ0) is 24.6. The van der Waals surface area contributed by atoms with Crippen LogP contribution in [0.4, 0.5) is 20.9 Å². The Kier molecular flexibility index (Phi) is 6.04. The Morgan fingerprint density at radius 1 is 1.11 bits per heavy atom. The predicted octanol–water partition coefficient (Wildman–Crippen LogP) is 5.81. The molecule has 0 amide bonds. The van der Waals surface area contributed by atoms with Gasteiger partial charge in [0.2, 0.25) is 0 Å². The van der Waals surface area contributed by atoms with Crippen LogP contribution in [-0.2, 0) is 0 Å². The molecule has 4 aromatic rings. The lowest BCUT2D eigenvalue weighted by molar-refractivity contribution is 0.589. The lowest BCUT2D eigenvalue weighted by Crippen LogP contribution is -2.43. The van der Waals surface area contributed by atoms with Crippen molar-refractivity contribution in [2.75, 3.05) is 42.5 Å². The Morgan fingerprint density at radius 2 is 1.89 bits per heavy atom. The van der Waals surface area contributed by atoms with E-state index in [2.05, 4.69) is 52.4 Å². The summed E-state index contributed by atoms with van der Waals surface area (Å²) in [6.07, 6.45) is 2.35. The van der Waals surface area contributed by atoms with Gasteiger partial charge in [0, 0.05) is 61.0 Å². The first-order chi connectivity index (χ1) is 17.6. The molecule has 36 heavy (non-hydrogen) atoms. The highest BCUT2D eigenvalue weighted by Gasteiger charge is 2.28. The molecule has 0 bridgehead atoms. The van der Waals surface area contributed by atoms with E-state index in [9.17, 15) is 9.65 Å². The van der Waals surface area contributed by atoms with E-state index in [0.29, 0.717) is 23.0 Å². The molecule has 1 N–H and O–H groups in total. The van der Waals surface area contributed by atoms with Gasteiger partial charge >= 0.3 is 0 Å². The van der Waals surface area contributed by atoms with E-state index >= 15 is 0 Å². The Balaban J connectivity index is 1.48. The molecule has 8 heteroatoms. The van der Waals surface area contributed by atoms with Gasteiger partial charge in [-0.25, -0.2) is 9.37 Å². The maximum absolute atomic E-state index is 13.5. The van der Waals surface area contributed by atoms with Gasteiger partial charge in [0.1, 0.15) is 22.5 Å². The number of nitriles is 1. The summed E-state index contributed by atoms with van der Waals surface area (Å²) in [5, 5.41) is 15.1. The first-order valence-electron chi connectivity index (χ1n) is 12.5. The summed E-state index contributed by atoms with van der Waals surface area (Å²) in [5.74, 6) is 0.208. The number of rotatable bonds is 6. The van der Waals surface area contributed by atoms with Gasteiger partial charge in [-0.2, -0.15) is 5.26 Å². The molecule has 1 saturated heterocycles. The van der Waals surface area contributed by atoms with E-state index < -0.39 is 0 Å². The largest absolute Gasteiger partial charge is 0.369 e. The minimum Gasteiger partial charge on any atom is -0.369 e. The van der Waals surface area contributed by atoms with Gasteiger partial charge in [-0.3, -0.25) is 4.98 Å². The predicted molar refractivity (Wildman–Crippen MR) is 144 cm³/mol. The highest BCUT2D eigenvalue weighted by Crippen LogP contribution is 2.44. The smallest absolute Gasteiger partial charge is 0.191 e. The SMILES string of the molecule is CCN(c1nc(-c2ccc(F)cc2)c(C#N)s1)c1cc(C2CC2)nc2ccc(N3CCNCC3)cc12. The maximum atomic E-state index is 13.5. The third kappa shape index (κ3) is 4.29. The number of hydrogen-bond acceptors (Lipinski definition) is 7. The van der Waals surface area contributed by atoms with Gasteiger partial charge in [0.25, 0.3) is 0 Å². The second-order valence-electron chi connectivity index (χ2n) is 9.32. The summed E-state index contributed by atoms with van der Waals surface area (Å²) in [6, 6.07) is 17.3. The second-order valence-corrected chi connectivity index (χ2v) is 10.3. The van der Waals surface area contributed by atoms with E-state index in [1.165, 1.54) is 42.0 Å². The van der Waals surface area contributed by atoms with Crippen molar-refractivity contribution in [1.82, 2.24) is 15.3 Å². The van der Waals surface area contributed by atoms with Gasteiger partial charge in [-0.15, -0.1) is 0 Å². The second kappa shape index (κ2) is 9.49. The number of benzene rings is 2. The highest BCUT2D eigenvalue weighted by molar-refractivity contribution is 7.16. The summed E-state index contributed by atoms with van der Waals surface area (Å²) >= 11 is 1.38. The molecule has 1 aliphatic carbocycles. The van der Waals surface area contributed by atoms with E-state index in [-0.39, 0.29) is 5.82 Å². The molecule has 1 aliphatic heterocycles. The van der Waals surface area contributed by atoms with Gasteiger partial charge in [0.05, 0.1) is 11.2 Å². The molecule has 0 unspecified atom stereocenters. The van der Waals surface area contributed by atoms with Crippen molar-refractivity contribution >= 4 is 38.7 Å². The molecular weight excluding hydrogens is 471 g/mol. The van der Waals surface area contributed by atoms with Crippen molar-refractivity contribution in [1.29, 1.82) is 5.26 Å². The number of thiazole rings is 1. The number of nitrogens with one attached hydrogen (secondary N) is 1. The van der Waals surface area contributed by atoms with E-state index in [4.69, 9.17) is 9.97 Å². The van der Waals surface area contributed by atoms with Crippen LogP contribution in [0.5, 0.6) is 0 Å². The molecule has 3 heterocycles. The number of piperazine rings is 1. The number of fused-ring (bicyclic) bond motifs is 1. The van der Waals surface area contributed by atoms with Crippen LogP contribution in [0.1, 0.15) is 36.3 Å². The quantitative estimate of drug-likeness (QED) is 0.362. The number of pyridine rings is 1. The molecular formula is C28H27FN6S. The minimum atomic E-state index is -0.306. The maximum Gasteiger partial charge on any atom is 0.191 e. The topological polar surface area (TPSA) is 68.1 Å². The molecule has 2 aromatic carbocycles. The summed E-state index contributed by atoms with van der Waals surface area (Å²) in [5.41, 5.74) is 5.73. The fraction of sp³-hybridized carbons (Fsp3) is 0.321. The van der Waals surface area contributed by atoms with Crippen LogP contribution in [-0.4, -0.2) is 42.7 Å². The summed E-state index contributed by atoms with van der Waals surface area (Å²) < 4.78 is 13.5. The van der Waals surface area contributed by atoms with E-state index in [1.807, 2.05) is 0 Å². The van der Waals surface area contributed by atoms with Crippen molar-refractivity contribution < 1.29 is 4.39 Å². The average molecular weight is 499 g/mol. The summed E-state index contributed by atoms with van der Waals surface area (Å²) in [7, 11) is 0. The number of nitrogens with zero attached hydrogens (tertiary/aromatic N) is 5. The molecule has 6 rings (SSSR count). The van der Waals surface area contributed by atoms with Crippen LogP contribution in [0.15, 0.2) is 48.5 Å². The first kappa shape index (κ1) is 22.9. The van der Waals surface area contributed by atoms with Gasteiger partial charge in [0.15, 0.2) is 5.13 Å². The van der Waals surface area contributed by atoms with Crippen molar-refractivity contribution in [3.05, 3.63) is 64.9 Å². The first-order valence-corrected chi connectivity index (χ1v) is 13.3. The Hall–Kier alpha value is -3.54. The molecule has 2 aliphatic rings. The van der Waals surface area contributed by atoms with Crippen LogP contribution in [0.25, 0.3) is 22.2 Å². The fourth-order valence-electron chi connectivity index (χ4n) is 4.86. The third-order valence-corrected chi connectivity index (χ3v) is 7.92. The Labute approximate surface area is 214 Å². The molecule has 0 spiro atoms. The monoisotopic (exact) mass is 498 g/mol. The normalized spacial score (nSPS) is 15.8. The lowest BCUT2D eigenvalue weighted by Gasteiger charge is -2.30. The summed E-state index contributed by atoms with van der Waals surface area (Å²) in [6.45, 7) is 6.71. The van der Waals surface area contributed by atoms with Gasteiger partial charge in [-0.05, 0) is 68.3 Å². The van der Waals surface area contributed by atoms with Crippen LogP contribution in [0, 0.1) is 17.1 Å². The van der Waals surface area contributed by atoms with Crippen molar-refractivity contribution in [2.45, 2.75) is 25.7 Å². The zero-order valence-corrected chi connectivity index (χ0v) is 21.0. The Morgan fingerprint density at radius 3 is 2.58 bits per heavy atom. The number of anilines is 3. The van der Waals surface area contributed by atoms with Crippen LogP contribution < -0.4 is 15.1 Å². The molecule has 1 saturated carbocycles. The van der Waals surface area contributed by atoms with Gasteiger partial charge in [-0.1, -0.05) is 11.3 Å². The van der Waals surface area contributed by atoms with Crippen LogP contribution >= 0.6 is 11.3 Å². The highest BCUT2D eigenvalue weighted by atomic mass is 32.1. The molecule has 0 radical (unpaired) electrons. The fourth-order valence-corrected chi connectivity index (χ4v) is 5.82. The van der Waals surface area contributed by atoms with Crippen LogP contribution in [0.2, 0.25) is 0 Å². The third-order valence-electron chi connectivity index (χ3n) is 6.94. The van der Waals surface area contributed by atoms with Crippen molar-refractivity contribution in [2.24, 2.45) is 0 Å². The van der Waals surface area contributed by atoms with Crippen molar-refractivity contribution in [3.63, 3.8) is 0 Å². The average Bonchev–Trinajstić information content (AvgIpc) is 3.69. The molecule has 0 atom stereocenters. The Bertz CT molecular complexity index is 1450. The van der Waals surface area contributed by atoms with Crippen molar-refractivity contribution in [3.8, 4) is 17.3 Å². The number of aromatic nitrogens is 2. The molecule has 2 aromatic heterocycles. The zero-order valence-electron chi connectivity index (χ0n) is 20.2. The molecule has 6 nitrogen and oxygen atoms in total. The standard InChI is InChI=1S/C28H27FN6S/c1-2-35(28-33-27(26(17-30)36-28)19-5-7-20(29)8-6-19)25-16-24(18-3-4-18)32-23-10-9-21(15-22(23)25)34-13-11-31-12-14-34/h5-10,15-16,18,31H,2-4,11-14H2,1H3. The van der Waals surface area contributed by atoms with Gasteiger partial charge < -0.3 is 15.1 Å². The lowest BCUT2D eigenvalue weighted by atomic mass is 10.1. The van der Waals surface area contributed by atoms with Crippen LogP contribution in [0.3, 0.4) is 0 Å². The number of hydrogen-bond donors (Lipinski definition) is 1. The van der Waals surface area contributed by atoms with E-state index in [0.717, 1.165) is 59.2 Å². The summed E-state index contributed by atoms with van der Waals surface area (Å²) in [4.78, 5) is 15.1.